The van der Waals surface area contributed by atoms with Crippen molar-refractivity contribution in [1.82, 2.24) is 0 Å². The maximum absolute atomic E-state index is 10.7. The normalized spacial score (nSPS) is 10.7. The number of ether oxygens (including phenoxy) is 3. The maximum atomic E-state index is 10.7. The van der Waals surface area contributed by atoms with Gasteiger partial charge in [0.05, 0.1) is 37.1 Å². The van der Waals surface area contributed by atoms with E-state index >= 15 is 0 Å². The van der Waals surface area contributed by atoms with Crippen LogP contribution in [0.3, 0.4) is 0 Å². The third-order valence-electron chi connectivity index (χ3n) is 4.57. The molecule has 0 bridgehead atoms. The Morgan fingerprint density at radius 2 is 1.69 bits per heavy atom. The number of nitro groups is 1. The van der Waals surface area contributed by atoms with E-state index in [9.17, 15) is 10.1 Å². The van der Waals surface area contributed by atoms with Crippen molar-refractivity contribution in [3.63, 3.8) is 0 Å². The second kappa shape index (κ2) is 11.4. The maximum Gasteiger partial charge on any atom is 0.269 e. The van der Waals surface area contributed by atoms with Crippen LogP contribution in [0.2, 0.25) is 0 Å². The summed E-state index contributed by atoms with van der Waals surface area (Å²) in [7, 11) is 1.58. The van der Waals surface area contributed by atoms with Gasteiger partial charge in [-0.2, -0.15) is 5.10 Å². The molecular weight excluding hydrogens is 410 g/mol. The summed E-state index contributed by atoms with van der Waals surface area (Å²) in [5.74, 6) is 2.13. The smallest absolute Gasteiger partial charge is 0.269 e. The number of aryl methyl sites for hydroxylation is 1. The molecule has 166 valence electrons. The van der Waals surface area contributed by atoms with E-state index in [0.29, 0.717) is 30.4 Å². The van der Waals surface area contributed by atoms with Gasteiger partial charge < -0.3 is 14.2 Å². The Bertz CT molecular complexity index is 1070. The summed E-state index contributed by atoms with van der Waals surface area (Å²) in [4.78, 5) is 10.3. The van der Waals surface area contributed by atoms with Crippen LogP contribution in [0.5, 0.6) is 17.2 Å². The lowest BCUT2D eigenvalue weighted by atomic mass is 10.2. The van der Waals surface area contributed by atoms with Gasteiger partial charge in [0, 0.05) is 18.6 Å². The summed E-state index contributed by atoms with van der Waals surface area (Å²) in [5.41, 5.74) is 5.43. The first-order valence-electron chi connectivity index (χ1n) is 10.1. The second-order valence-corrected chi connectivity index (χ2v) is 6.90. The quantitative estimate of drug-likeness (QED) is 0.192. The first kappa shape index (κ1) is 22.6. The Morgan fingerprint density at radius 3 is 2.38 bits per heavy atom. The molecule has 0 saturated heterocycles. The second-order valence-electron chi connectivity index (χ2n) is 6.90. The number of anilines is 1. The standard InChI is InChI=1S/C24H25N3O5/c1-18-6-3-4-7-22(18)31-14-5-15-32-23-13-8-19(16-24(23)30-2)17-25-26-20-9-11-21(12-10-20)27(28)29/h3-4,6-13,16-17,26H,5,14-15H2,1-2H3/b25-17+. The highest BCUT2D eigenvalue weighted by Crippen LogP contribution is 2.28. The van der Waals surface area contributed by atoms with E-state index in [0.717, 1.165) is 23.3 Å². The highest BCUT2D eigenvalue weighted by molar-refractivity contribution is 5.81. The molecule has 0 aliphatic carbocycles. The summed E-state index contributed by atoms with van der Waals surface area (Å²) < 4.78 is 17.0. The van der Waals surface area contributed by atoms with Gasteiger partial charge in [-0.1, -0.05) is 18.2 Å². The Labute approximate surface area is 186 Å². The van der Waals surface area contributed by atoms with Crippen molar-refractivity contribution in [3.05, 3.63) is 88.0 Å². The number of methoxy groups -OCH3 is 1. The number of nitrogens with zero attached hydrogens (tertiary/aromatic N) is 2. The number of rotatable bonds is 11. The molecule has 0 radical (unpaired) electrons. The minimum Gasteiger partial charge on any atom is -0.493 e. The van der Waals surface area contributed by atoms with Crippen molar-refractivity contribution in [2.75, 3.05) is 25.7 Å². The molecule has 0 amide bonds. The van der Waals surface area contributed by atoms with Gasteiger partial charge in [-0.25, -0.2) is 0 Å². The van der Waals surface area contributed by atoms with Gasteiger partial charge in [0.25, 0.3) is 5.69 Å². The molecule has 0 atom stereocenters. The Balaban J connectivity index is 1.48. The number of hydrogen-bond acceptors (Lipinski definition) is 7. The summed E-state index contributed by atoms with van der Waals surface area (Å²) in [6.07, 6.45) is 2.36. The van der Waals surface area contributed by atoms with Crippen molar-refractivity contribution < 1.29 is 19.1 Å². The fourth-order valence-electron chi connectivity index (χ4n) is 2.86. The lowest BCUT2D eigenvalue weighted by Gasteiger charge is -2.12. The predicted octanol–water partition coefficient (Wildman–Crippen LogP) is 5.21. The van der Waals surface area contributed by atoms with Crippen molar-refractivity contribution in [3.8, 4) is 17.2 Å². The van der Waals surface area contributed by atoms with E-state index in [-0.39, 0.29) is 5.69 Å². The monoisotopic (exact) mass is 435 g/mol. The van der Waals surface area contributed by atoms with Crippen LogP contribution >= 0.6 is 0 Å². The lowest BCUT2D eigenvalue weighted by molar-refractivity contribution is -0.384. The third kappa shape index (κ3) is 6.46. The largest absolute Gasteiger partial charge is 0.493 e. The first-order valence-corrected chi connectivity index (χ1v) is 10.1. The number of hydrogen-bond donors (Lipinski definition) is 1. The molecular formula is C24H25N3O5. The zero-order chi connectivity index (χ0) is 22.8. The lowest BCUT2D eigenvalue weighted by Crippen LogP contribution is -2.06. The van der Waals surface area contributed by atoms with E-state index in [1.165, 1.54) is 12.1 Å². The zero-order valence-electron chi connectivity index (χ0n) is 18.0. The van der Waals surface area contributed by atoms with Crippen LogP contribution in [-0.2, 0) is 0 Å². The molecule has 0 aliphatic heterocycles. The van der Waals surface area contributed by atoms with E-state index in [4.69, 9.17) is 14.2 Å². The molecule has 0 aliphatic rings. The average Bonchev–Trinajstić information content (AvgIpc) is 2.81. The number of benzene rings is 3. The molecule has 8 heteroatoms. The highest BCUT2D eigenvalue weighted by atomic mass is 16.6. The Morgan fingerprint density at radius 1 is 0.969 bits per heavy atom. The van der Waals surface area contributed by atoms with Crippen molar-refractivity contribution >= 4 is 17.6 Å². The molecule has 3 aromatic carbocycles. The minimum atomic E-state index is -0.444. The number of hydrazone groups is 1. The SMILES string of the molecule is COc1cc(/C=N/Nc2ccc([N+](=O)[O-])cc2)ccc1OCCCOc1ccccc1C. The van der Waals surface area contributed by atoms with Gasteiger partial charge in [-0.15, -0.1) is 0 Å². The Hall–Kier alpha value is -4.07. The molecule has 0 heterocycles. The third-order valence-corrected chi connectivity index (χ3v) is 4.57. The van der Waals surface area contributed by atoms with Crippen LogP contribution in [0, 0.1) is 17.0 Å². The van der Waals surface area contributed by atoms with Gasteiger partial charge in [-0.3, -0.25) is 15.5 Å². The van der Waals surface area contributed by atoms with Gasteiger partial charge in [-0.05, 0) is 54.4 Å². The first-order chi connectivity index (χ1) is 15.6. The van der Waals surface area contributed by atoms with E-state index < -0.39 is 4.92 Å². The van der Waals surface area contributed by atoms with Crippen LogP contribution in [0.4, 0.5) is 11.4 Å². The fraction of sp³-hybridized carbons (Fsp3) is 0.208. The van der Waals surface area contributed by atoms with Crippen molar-refractivity contribution in [1.29, 1.82) is 0 Å². The molecule has 1 N–H and O–H groups in total. The topological polar surface area (TPSA) is 95.2 Å². The molecule has 0 saturated carbocycles. The van der Waals surface area contributed by atoms with Gasteiger partial charge >= 0.3 is 0 Å². The average molecular weight is 435 g/mol. The molecule has 0 aromatic heterocycles. The number of non-ortho nitro benzene ring substituents is 1. The summed E-state index contributed by atoms with van der Waals surface area (Å²) in [5, 5.41) is 14.9. The number of nitrogens with one attached hydrogen (secondary N) is 1. The molecule has 0 unspecified atom stereocenters. The number of para-hydroxylation sites is 1. The molecule has 32 heavy (non-hydrogen) atoms. The van der Waals surface area contributed by atoms with Crippen molar-refractivity contribution in [2.24, 2.45) is 5.10 Å². The number of nitro benzene ring substituents is 1. The molecule has 8 nitrogen and oxygen atoms in total. The molecule has 3 aromatic rings. The van der Waals surface area contributed by atoms with E-state index in [1.807, 2.05) is 49.4 Å². The van der Waals surface area contributed by atoms with Crippen LogP contribution in [0.15, 0.2) is 71.8 Å². The van der Waals surface area contributed by atoms with Gasteiger partial charge in [0.1, 0.15) is 5.75 Å². The van der Waals surface area contributed by atoms with E-state index in [2.05, 4.69) is 10.5 Å². The zero-order valence-corrected chi connectivity index (χ0v) is 18.0. The Kier molecular flexibility index (Phi) is 8.02. The molecule has 0 fully saturated rings. The summed E-state index contributed by atoms with van der Waals surface area (Å²) >= 11 is 0. The minimum absolute atomic E-state index is 0.0293. The van der Waals surface area contributed by atoms with Gasteiger partial charge in [0.2, 0.25) is 0 Å². The van der Waals surface area contributed by atoms with Crippen LogP contribution < -0.4 is 19.6 Å². The molecule has 0 spiro atoms. The summed E-state index contributed by atoms with van der Waals surface area (Å²) in [6, 6.07) is 19.4. The van der Waals surface area contributed by atoms with Crippen LogP contribution in [0.25, 0.3) is 0 Å². The van der Waals surface area contributed by atoms with Crippen LogP contribution in [0.1, 0.15) is 17.5 Å². The van der Waals surface area contributed by atoms with Crippen LogP contribution in [-0.4, -0.2) is 31.5 Å². The predicted molar refractivity (Wildman–Crippen MR) is 124 cm³/mol. The summed E-state index contributed by atoms with van der Waals surface area (Å²) in [6.45, 7) is 3.08. The molecule has 3 rings (SSSR count). The van der Waals surface area contributed by atoms with Crippen molar-refractivity contribution in [2.45, 2.75) is 13.3 Å². The van der Waals surface area contributed by atoms with Gasteiger partial charge in [0.15, 0.2) is 11.5 Å². The van der Waals surface area contributed by atoms with E-state index in [1.54, 1.807) is 25.5 Å². The fourth-order valence-corrected chi connectivity index (χ4v) is 2.86. The highest BCUT2D eigenvalue weighted by Gasteiger charge is 2.06.